The number of fused-ring (bicyclic) bond motifs is 1. The number of H-pyrrole nitrogens is 1. The van der Waals surface area contributed by atoms with Gasteiger partial charge in [-0.3, -0.25) is 14.8 Å². The van der Waals surface area contributed by atoms with Crippen LogP contribution in [0.4, 0.5) is 10.2 Å². The van der Waals surface area contributed by atoms with Crippen molar-refractivity contribution in [2.75, 3.05) is 31.6 Å². The Balaban J connectivity index is 1.81. The number of amides is 1. The molecular formula is C15H19FN4O2. The number of carbonyl (C=O) groups is 1. The van der Waals surface area contributed by atoms with E-state index < -0.39 is 5.54 Å². The normalized spacial score (nSPS) is 16.9. The van der Waals surface area contributed by atoms with Crippen LogP contribution in [0, 0.1) is 5.82 Å². The minimum atomic E-state index is -0.692. The van der Waals surface area contributed by atoms with Gasteiger partial charge in [0.05, 0.1) is 24.3 Å². The van der Waals surface area contributed by atoms with Crippen LogP contribution in [0.1, 0.15) is 13.8 Å². The van der Waals surface area contributed by atoms with E-state index in [0.717, 1.165) is 0 Å². The van der Waals surface area contributed by atoms with Gasteiger partial charge in [-0.25, -0.2) is 4.39 Å². The van der Waals surface area contributed by atoms with E-state index in [0.29, 0.717) is 43.0 Å². The molecule has 1 fully saturated rings. The Morgan fingerprint density at radius 3 is 2.86 bits per heavy atom. The fraction of sp³-hybridized carbons (Fsp3) is 0.467. The summed E-state index contributed by atoms with van der Waals surface area (Å²) < 4.78 is 18.7. The number of carbonyl (C=O) groups excluding carboxylic acids is 1. The molecule has 2 aromatic rings. The van der Waals surface area contributed by atoms with Crippen molar-refractivity contribution in [3.8, 4) is 0 Å². The van der Waals surface area contributed by atoms with E-state index in [9.17, 15) is 9.18 Å². The zero-order valence-corrected chi connectivity index (χ0v) is 12.6. The summed E-state index contributed by atoms with van der Waals surface area (Å²) in [6, 6.07) is 4.31. The molecule has 0 saturated carbocycles. The second-order valence-corrected chi connectivity index (χ2v) is 5.87. The Labute approximate surface area is 127 Å². The highest BCUT2D eigenvalue weighted by Crippen LogP contribution is 2.24. The maximum Gasteiger partial charge on any atom is 0.245 e. The zero-order chi connectivity index (χ0) is 15.7. The molecule has 0 spiro atoms. The van der Waals surface area contributed by atoms with Crippen molar-refractivity contribution < 1.29 is 13.9 Å². The van der Waals surface area contributed by atoms with Gasteiger partial charge in [-0.15, -0.1) is 0 Å². The summed E-state index contributed by atoms with van der Waals surface area (Å²) in [4.78, 5) is 14.7. The van der Waals surface area contributed by atoms with Crippen LogP contribution in [0.25, 0.3) is 10.9 Å². The van der Waals surface area contributed by atoms with Gasteiger partial charge in [0.2, 0.25) is 5.91 Å². The van der Waals surface area contributed by atoms with Crippen LogP contribution in [0.3, 0.4) is 0 Å². The number of benzene rings is 1. The fourth-order valence-corrected chi connectivity index (χ4v) is 2.61. The first-order chi connectivity index (χ1) is 10.5. The second kappa shape index (κ2) is 5.66. The van der Waals surface area contributed by atoms with Gasteiger partial charge in [0.25, 0.3) is 0 Å². The third-order valence-corrected chi connectivity index (χ3v) is 4.11. The van der Waals surface area contributed by atoms with Gasteiger partial charge in [-0.1, -0.05) is 0 Å². The number of halogens is 1. The number of ether oxygens (including phenoxy) is 1. The lowest BCUT2D eigenvalue weighted by atomic mass is 10.0. The quantitative estimate of drug-likeness (QED) is 0.906. The van der Waals surface area contributed by atoms with Crippen molar-refractivity contribution in [3.63, 3.8) is 0 Å². The molecule has 1 aromatic carbocycles. The molecular weight excluding hydrogens is 287 g/mol. The molecule has 3 rings (SSSR count). The number of morpholine rings is 1. The lowest BCUT2D eigenvalue weighted by molar-refractivity contribution is -0.129. The van der Waals surface area contributed by atoms with Crippen molar-refractivity contribution in [2.24, 2.45) is 0 Å². The SMILES string of the molecule is CC(C)(C(=O)Nc1n[nH]c2ccc(F)cc12)N1CCOCC1. The van der Waals surface area contributed by atoms with Crippen LogP contribution < -0.4 is 5.32 Å². The maximum atomic E-state index is 13.4. The Morgan fingerprint density at radius 1 is 1.41 bits per heavy atom. The van der Waals surface area contributed by atoms with E-state index in [-0.39, 0.29) is 11.7 Å². The van der Waals surface area contributed by atoms with Crippen LogP contribution in [-0.2, 0) is 9.53 Å². The van der Waals surface area contributed by atoms with E-state index in [4.69, 9.17) is 4.74 Å². The molecule has 1 aliphatic rings. The summed E-state index contributed by atoms with van der Waals surface area (Å²) in [6.07, 6.45) is 0. The average Bonchev–Trinajstić information content (AvgIpc) is 2.90. The predicted molar refractivity (Wildman–Crippen MR) is 81.2 cm³/mol. The average molecular weight is 306 g/mol. The number of nitrogens with one attached hydrogen (secondary N) is 2. The van der Waals surface area contributed by atoms with Gasteiger partial charge in [-0.05, 0) is 32.0 Å². The Bertz CT molecular complexity index is 692. The Hall–Kier alpha value is -1.99. The maximum absolute atomic E-state index is 13.4. The van der Waals surface area contributed by atoms with Crippen LogP contribution in [0.2, 0.25) is 0 Å². The molecule has 2 heterocycles. The minimum absolute atomic E-state index is 0.174. The monoisotopic (exact) mass is 306 g/mol. The van der Waals surface area contributed by atoms with Gasteiger partial charge in [0.15, 0.2) is 5.82 Å². The number of aromatic amines is 1. The van der Waals surface area contributed by atoms with Gasteiger partial charge in [0, 0.05) is 18.5 Å². The number of nitrogens with zero attached hydrogens (tertiary/aromatic N) is 2. The summed E-state index contributed by atoms with van der Waals surface area (Å²) in [6.45, 7) is 6.37. The van der Waals surface area contributed by atoms with Gasteiger partial charge in [-0.2, -0.15) is 5.10 Å². The third kappa shape index (κ3) is 2.69. The molecule has 1 aliphatic heterocycles. The van der Waals surface area contributed by atoms with Gasteiger partial charge in [0.1, 0.15) is 5.82 Å². The van der Waals surface area contributed by atoms with E-state index >= 15 is 0 Å². The fourth-order valence-electron chi connectivity index (χ4n) is 2.61. The summed E-state index contributed by atoms with van der Waals surface area (Å²) in [5, 5.41) is 10.2. The van der Waals surface area contributed by atoms with Crippen LogP contribution >= 0.6 is 0 Å². The number of rotatable bonds is 3. The highest BCUT2D eigenvalue weighted by molar-refractivity contribution is 6.03. The lowest BCUT2D eigenvalue weighted by Crippen LogP contribution is -2.56. The van der Waals surface area contributed by atoms with Gasteiger partial charge < -0.3 is 10.1 Å². The second-order valence-electron chi connectivity index (χ2n) is 5.87. The zero-order valence-electron chi connectivity index (χ0n) is 12.6. The highest BCUT2D eigenvalue weighted by Gasteiger charge is 2.36. The molecule has 0 unspecified atom stereocenters. The van der Waals surface area contributed by atoms with Crippen molar-refractivity contribution in [1.82, 2.24) is 15.1 Å². The first kappa shape index (κ1) is 14.9. The van der Waals surface area contributed by atoms with E-state index in [1.807, 2.05) is 13.8 Å². The van der Waals surface area contributed by atoms with Gasteiger partial charge >= 0.3 is 0 Å². The topological polar surface area (TPSA) is 70.2 Å². The molecule has 0 aliphatic carbocycles. The first-order valence-corrected chi connectivity index (χ1v) is 7.26. The standard InChI is InChI=1S/C15H19FN4O2/c1-15(2,20-5-7-22-8-6-20)14(21)17-13-11-9-10(16)3-4-12(11)18-19-13/h3-4,9H,5-8H2,1-2H3,(H2,17,18,19,21). The van der Waals surface area contributed by atoms with Crippen molar-refractivity contribution in [1.29, 1.82) is 0 Å². The summed E-state index contributed by atoms with van der Waals surface area (Å²) in [5.41, 5.74) is -0.0107. The Kier molecular flexibility index (Phi) is 3.84. The van der Waals surface area contributed by atoms with Crippen LogP contribution in [-0.4, -0.2) is 52.8 Å². The summed E-state index contributed by atoms with van der Waals surface area (Å²) in [7, 11) is 0. The number of anilines is 1. The smallest absolute Gasteiger partial charge is 0.245 e. The predicted octanol–water partition coefficient (Wildman–Crippen LogP) is 1.75. The largest absolute Gasteiger partial charge is 0.379 e. The minimum Gasteiger partial charge on any atom is -0.379 e. The lowest BCUT2D eigenvalue weighted by Gasteiger charge is -2.39. The number of hydrogen-bond acceptors (Lipinski definition) is 4. The van der Waals surface area contributed by atoms with E-state index in [2.05, 4.69) is 20.4 Å². The summed E-state index contributed by atoms with van der Waals surface area (Å²) >= 11 is 0. The molecule has 6 nitrogen and oxygen atoms in total. The molecule has 0 bridgehead atoms. The molecule has 0 atom stereocenters. The molecule has 118 valence electrons. The van der Waals surface area contributed by atoms with E-state index in [1.165, 1.54) is 12.1 Å². The molecule has 2 N–H and O–H groups in total. The van der Waals surface area contributed by atoms with Crippen molar-refractivity contribution in [3.05, 3.63) is 24.0 Å². The van der Waals surface area contributed by atoms with Crippen LogP contribution in [0.5, 0.6) is 0 Å². The molecule has 1 saturated heterocycles. The van der Waals surface area contributed by atoms with Crippen molar-refractivity contribution in [2.45, 2.75) is 19.4 Å². The number of hydrogen-bond donors (Lipinski definition) is 2. The number of aromatic nitrogens is 2. The molecule has 0 radical (unpaired) electrons. The molecule has 1 amide bonds. The van der Waals surface area contributed by atoms with E-state index in [1.54, 1.807) is 6.07 Å². The Morgan fingerprint density at radius 2 is 2.14 bits per heavy atom. The molecule has 1 aromatic heterocycles. The highest BCUT2D eigenvalue weighted by atomic mass is 19.1. The first-order valence-electron chi connectivity index (χ1n) is 7.26. The third-order valence-electron chi connectivity index (χ3n) is 4.11. The van der Waals surface area contributed by atoms with Crippen molar-refractivity contribution >= 4 is 22.6 Å². The molecule has 22 heavy (non-hydrogen) atoms. The van der Waals surface area contributed by atoms with Crippen LogP contribution in [0.15, 0.2) is 18.2 Å². The molecule has 7 heteroatoms. The summed E-state index contributed by atoms with van der Waals surface area (Å²) in [5.74, 6) is -0.190.